The molecule has 1 aromatic heterocycles. The van der Waals surface area contributed by atoms with Crippen LogP contribution in [0.15, 0.2) is 65.1 Å². The van der Waals surface area contributed by atoms with Gasteiger partial charge >= 0.3 is 0 Å². The fraction of sp³-hybridized carbons (Fsp3) is 0.390. The molecular weight excluding hydrogens is 749 g/mol. The summed E-state index contributed by atoms with van der Waals surface area (Å²) in [6, 6.07) is 20.9. The zero-order chi connectivity index (χ0) is 35.5. The lowest BCUT2D eigenvalue weighted by Crippen LogP contribution is -2.25. The van der Waals surface area contributed by atoms with E-state index in [0.717, 1.165) is 94.9 Å². The van der Waals surface area contributed by atoms with Crippen molar-refractivity contribution >= 4 is 50.8 Å². The number of carbonyl (C=O) groups excluding carboxylic acids is 2. The van der Waals surface area contributed by atoms with Gasteiger partial charge in [-0.2, -0.15) is 4.98 Å². The van der Waals surface area contributed by atoms with E-state index in [1.54, 1.807) is 7.11 Å². The van der Waals surface area contributed by atoms with Crippen molar-refractivity contribution in [2.75, 3.05) is 13.7 Å². The number of halogens is 3. The van der Waals surface area contributed by atoms with Crippen molar-refractivity contribution in [3.05, 3.63) is 97.4 Å². The Morgan fingerprint density at radius 3 is 2.51 bits per heavy atom. The first-order chi connectivity index (χ1) is 24.8. The molecule has 1 saturated carbocycles. The Morgan fingerprint density at radius 1 is 0.922 bits per heavy atom. The van der Waals surface area contributed by atoms with Gasteiger partial charge in [-0.25, -0.2) is 0 Å². The lowest BCUT2D eigenvalue weighted by atomic mass is 9.93. The number of nitrogens with one attached hydrogen (secondary N) is 2. The van der Waals surface area contributed by atoms with E-state index in [4.69, 9.17) is 37.7 Å². The predicted molar refractivity (Wildman–Crippen MR) is 206 cm³/mol. The highest BCUT2D eigenvalue weighted by molar-refractivity contribution is 9.10. The third kappa shape index (κ3) is 8.15. The molecule has 7 rings (SSSR count). The number of aromatic nitrogens is 1. The van der Waals surface area contributed by atoms with E-state index in [2.05, 4.69) is 63.0 Å². The molecule has 0 unspecified atom stereocenters. The van der Waals surface area contributed by atoms with Crippen LogP contribution >= 0.6 is 39.1 Å². The number of ether oxygens (including phenoxy) is 2. The van der Waals surface area contributed by atoms with Crippen LogP contribution in [0, 0.1) is 5.92 Å². The molecule has 4 aromatic rings. The summed E-state index contributed by atoms with van der Waals surface area (Å²) in [5.74, 6) is 2.00. The van der Waals surface area contributed by atoms with E-state index in [1.807, 2.05) is 24.3 Å². The average molecular weight is 792 g/mol. The predicted octanol–water partition coefficient (Wildman–Crippen LogP) is 9.62. The SMILES string of the molecule is COc1nc(O[C@H]2CCc3c(-c4cccc(-c5ccc(CNC[C@@H]6CCC(=O)C6)c(Cl)c5)c4Cl)cccc32)c(Br)cc1CCC[C@@H]1CCC(=O)N1. The normalized spacial score (nSPS) is 19.7. The Bertz CT molecular complexity index is 1950. The number of hydrogen-bond acceptors (Lipinski definition) is 6. The third-order valence-corrected chi connectivity index (χ3v) is 11.8. The fourth-order valence-corrected chi connectivity index (χ4v) is 8.83. The summed E-state index contributed by atoms with van der Waals surface area (Å²) >= 11 is 17.7. The van der Waals surface area contributed by atoms with E-state index >= 15 is 0 Å². The molecule has 2 N–H and O–H groups in total. The van der Waals surface area contributed by atoms with E-state index in [1.165, 1.54) is 5.56 Å². The second kappa shape index (κ2) is 16.1. The number of aryl methyl sites for hydroxylation is 1. The van der Waals surface area contributed by atoms with Gasteiger partial charge in [-0.1, -0.05) is 71.7 Å². The van der Waals surface area contributed by atoms with Crippen LogP contribution in [0.4, 0.5) is 0 Å². The topological polar surface area (TPSA) is 89.6 Å². The zero-order valence-electron chi connectivity index (χ0n) is 28.7. The molecule has 51 heavy (non-hydrogen) atoms. The Labute approximate surface area is 317 Å². The highest BCUT2D eigenvalue weighted by atomic mass is 79.9. The Kier molecular flexibility index (Phi) is 11.3. The molecule has 2 heterocycles. The summed E-state index contributed by atoms with van der Waals surface area (Å²) in [6.07, 6.45) is 8.03. The monoisotopic (exact) mass is 789 g/mol. The zero-order valence-corrected chi connectivity index (χ0v) is 31.8. The van der Waals surface area contributed by atoms with Crippen molar-refractivity contribution in [3.63, 3.8) is 0 Å². The van der Waals surface area contributed by atoms with Gasteiger partial charge in [0.05, 0.1) is 16.6 Å². The van der Waals surface area contributed by atoms with Gasteiger partial charge in [0.2, 0.25) is 17.7 Å². The third-order valence-electron chi connectivity index (χ3n) is 10.5. The second-order valence-corrected chi connectivity index (χ2v) is 15.5. The number of methoxy groups -OCH3 is 1. The highest BCUT2D eigenvalue weighted by Crippen LogP contribution is 2.45. The van der Waals surface area contributed by atoms with E-state index in [0.29, 0.717) is 59.3 Å². The first-order valence-corrected chi connectivity index (χ1v) is 19.4. The van der Waals surface area contributed by atoms with Gasteiger partial charge in [-0.15, -0.1) is 0 Å². The molecule has 3 aliphatic rings. The Balaban J connectivity index is 1.05. The highest BCUT2D eigenvalue weighted by Gasteiger charge is 2.29. The van der Waals surface area contributed by atoms with Crippen molar-refractivity contribution in [3.8, 4) is 34.0 Å². The molecule has 2 fully saturated rings. The van der Waals surface area contributed by atoms with Crippen molar-refractivity contribution in [1.82, 2.24) is 15.6 Å². The number of Topliss-reactive ketones (excluding diaryl/α,β-unsaturated/α-hetero) is 1. The van der Waals surface area contributed by atoms with Crippen LogP contribution in [0.2, 0.25) is 10.0 Å². The molecule has 266 valence electrons. The molecule has 0 bridgehead atoms. The van der Waals surface area contributed by atoms with Gasteiger partial charge in [0.15, 0.2) is 0 Å². The molecule has 3 aromatic carbocycles. The van der Waals surface area contributed by atoms with Crippen LogP contribution < -0.4 is 20.1 Å². The number of hydrogen-bond donors (Lipinski definition) is 2. The molecule has 2 aliphatic carbocycles. The fourth-order valence-electron chi connectivity index (χ4n) is 7.79. The van der Waals surface area contributed by atoms with Gasteiger partial charge in [0.25, 0.3) is 0 Å². The van der Waals surface area contributed by atoms with Crippen molar-refractivity contribution in [1.29, 1.82) is 0 Å². The molecule has 10 heteroatoms. The van der Waals surface area contributed by atoms with Crippen molar-refractivity contribution in [2.45, 2.75) is 82.9 Å². The first kappa shape index (κ1) is 36.0. The van der Waals surface area contributed by atoms with Crippen molar-refractivity contribution in [2.24, 2.45) is 5.92 Å². The number of benzene rings is 3. The molecule has 0 radical (unpaired) electrons. The summed E-state index contributed by atoms with van der Waals surface area (Å²) in [7, 11) is 1.64. The maximum Gasteiger partial charge on any atom is 0.231 e. The summed E-state index contributed by atoms with van der Waals surface area (Å²) in [4.78, 5) is 27.9. The number of fused-ring (bicyclic) bond motifs is 1. The lowest BCUT2D eigenvalue weighted by molar-refractivity contribution is -0.119. The molecule has 1 aliphatic heterocycles. The summed E-state index contributed by atoms with van der Waals surface area (Å²) < 4.78 is 13.1. The van der Waals surface area contributed by atoms with Crippen LogP contribution in [0.3, 0.4) is 0 Å². The van der Waals surface area contributed by atoms with Crippen LogP contribution in [0.5, 0.6) is 11.8 Å². The van der Waals surface area contributed by atoms with Crippen LogP contribution in [0.25, 0.3) is 22.3 Å². The van der Waals surface area contributed by atoms with Crippen LogP contribution in [-0.2, 0) is 29.0 Å². The standard InChI is InChI=1S/C41H42BrCl2N3O4/c1-50-40-26(5-2-6-28-14-18-38(49)46-28)20-35(42)41(47-40)51-37-17-16-32-31(8-4-9-33(32)37)34-10-3-7-30(39(34)44)25-12-13-27(36(43)21-25)23-45-22-24-11-15-29(48)19-24/h3-4,7-10,12-13,20-21,24,28,37,45H,2,5-6,11,14-19,22-23H2,1H3,(H,46,49)/t24-,28-,37+/m1/s1. The number of ketones is 1. The van der Waals surface area contributed by atoms with Crippen molar-refractivity contribution < 1.29 is 19.1 Å². The summed E-state index contributed by atoms with van der Waals surface area (Å²) in [5, 5.41) is 7.90. The summed E-state index contributed by atoms with van der Waals surface area (Å²) in [6.45, 7) is 1.48. The lowest BCUT2D eigenvalue weighted by Gasteiger charge is -2.18. The minimum atomic E-state index is -0.165. The van der Waals surface area contributed by atoms with Gasteiger partial charge < -0.3 is 20.1 Å². The Morgan fingerprint density at radius 2 is 1.75 bits per heavy atom. The molecule has 1 saturated heterocycles. The quantitative estimate of drug-likeness (QED) is 0.140. The number of nitrogens with zero attached hydrogens (tertiary/aromatic N) is 1. The molecule has 0 spiro atoms. The van der Waals surface area contributed by atoms with Crippen LogP contribution in [-0.4, -0.2) is 36.4 Å². The number of pyridine rings is 1. The largest absolute Gasteiger partial charge is 0.481 e. The van der Waals surface area contributed by atoms with Gasteiger partial charge in [0, 0.05) is 53.6 Å². The van der Waals surface area contributed by atoms with Gasteiger partial charge in [-0.05, 0) is 113 Å². The first-order valence-electron chi connectivity index (χ1n) is 17.9. The maximum atomic E-state index is 11.6. The molecule has 1 amide bonds. The van der Waals surface area contributed by atoms with Gasteiger partial charge in [-0.3, -0.25) is 9.59 Å². The minimum Gasteiger partial charge on any atom is -0.481 e. The summed E-state index contributed by atoms with van der Waals surface area (Å²) in [5.41, 5.74) is 8.35. The number of amides is 1. The van der Waals surface area contributed by atoms with E-state index in [-0.39, 0.29) is 18.1 Å². The number of rotatable bonds is 13. The van der Waals surface area contributed by atoms with Crippen LogP contribution in [0.1, 0.15) is 79.7 Å². The smallest absolute Gasteiger partial charge is 0.231 e. The van der Waals surface area contributed by atoms with E-state index < -0.39 is 0 Å². The van der Waals surface area contributed by atoms with Gasteiger partial charge in [0.1, 0.15) is 11.9 Å². The average Bonchev–Trinajstić information content (AvgIpc) is 3.86. The van der Waals surface area contributed by atoms with E-state index in [9.17, 15) is 9.59 Å². The molecule has 3 atom stereocenters. The minimum absolute atomic E-state index is 0.146. The Hall–Kier alpha value is -3.43. The molecule has 7 nitrogen and oxygen atoms in total. The molecular formula is C41H42BrCl2N3O4. The maximum absolute atomic E-state index is 11.6. The second-order valence-electron chi connectivity index (χ2n) is 13.9. The number of carbonyl (C=O) groups is 2.